The van der Waals surface area contributed by atoms with Crippen molar-refractivity contribution in [1.29, 1.82) is 0 Å². The largest absolute Gasteiger partial charge is 0.329 e. The average molecular weight is 300 g/mol. The molecule has 1 aromatic rings. The van der Waals surface area contributed by atoms with Crippen LogP contribution in [0.3, 0.4) is 0 Å². The van der Waals surface area contributed by atoms with Gasteiger partial charge in [0.15, 0.2) is 0 Å². The molecule has 0 saturated heterocycles. The zero-order valence-electron chi connectivity index (χ0n) is 11.9. The molecule has 1 saturated carbocycles. The fourth-order valence-corrected chi connectivity index (χ4v) is 4.44. The maximum absolute atomic E-state index is 13.6. The summed E-state index contributed by atoms with van der Waals surface area (Å²) in [6, 6.07) is 2.73. The average Bonchev–Trinajstić information content (AvgIpc) is 2.83. The van der Waals surface area contributed by atoms with Crippen molar-refractivity contribution in [3.05, 3.63) is 29.1 Å². The lowest BCUT2D eigenvalue weighted by molar-refractivity contribution is 0.399. The normalized spacial score (nSPS) is 18.4. The second kappa shape index (κ2) is 5.42. The minimum atomic E-state index is -3.67. The molecule has 0 aromatic heterocycles. The van der Waals surface area contributed by atoms with Gasteiger partial charge in [-0.25, -0.2) is 17.5 Å². The van der Waals surface area contributed by atoms with Crippen molar-refractivity contribution in [3.63, 3.8) is 0 Å². The number of hydrogen-bond acceptors (Lipinski definition) is 3. The number of rotatable bonds is 4. The molecule has 0 atom stereocenters. The van der Waals surface area contributed by atoms with Gasteiger partial charge in [0.2, 0.25) is 10.0 Å². The highest BCUT2D eigenvalue weighted by atomic mass is 32.2. The third-order valence-corrected chi connectivity index (χ3v) is 5.58. The van der Waals surface area contributed by atoms with E-state index in [4.69, 9.17) is 5.73 Å². The standard InChI is InChI=1S/C14H21FN2O2S/c1-10-7-12(8-11(2)13(10)15)20(18,19)17-14(9-16)5-3-4-6-14/h7-8,17H,3-6,9,16H2,1-2H3. The van der Waals surface area contributed by atoms with Crippen molar-refractivity contribution in [2.24, 2.45) is 5.73 Å². The summed E-state index contributed by atoms with van der Waals surface area (Å²) in [5.74, 6) is -0.363. The van der Waals surface area contributed by atoms with E-state index in [1.165, 1.54) is 12.1 Å². The lowest BCUT2D eigenvalue weighted by Gasteiger charge is -2.28. The predicted octanol–water partition coefficient (Wildman–Crippen LogP) is 1.99. The van der Waals surface area contributed by atoms with Crippen molar-refractivity contribution in [2.45, 2.75) is 50.0 Å². The van der Waals surface area contributed by atoms with Gasteiger partial charge in [0, 0.05) is 12.1 Å². The van der Waals surface area contributed by atoms with Crippen LogP contribution in [0.15, 0.2) is 17.0 Å². The van der Waals surface area contributed by atoms with Crippen LogP contribution in [0.1, 0.15) is 36.8 Å². The van der Waals surface area contributed by atoms with Crippen molar-refractivity contribution in [3.8, 4) is 0 Å². The van der Waals surface area contributed by atoms with E-state index in [-0.39, 0.29) is 17.3 Å². The van der Waals surface area contributed by atoms with E-state index in [0.29, 0.717) is 11.1 Å². The van der Waals surface area contributed by atoms with Crippen LogP contribution in [0.25, 0.3) is 0 Å². The maximum Gasteiger partial charge on any atom is 0.241 e. The maximum atomic E-state index is 13.6. The quantitative estimate of drug-likeness (QED) is 0.893. The first-order chi connectivity index (χ1) is 9.30. The molecule has 4 nitrogen and oxygen atoms in total. The van der Waals surface area contributed by atoms with Gasteiger partial charge >= 0.3 is 0 Å². The van der Waals surface area contributed by atoms with Crippen LogP contribution in [0.4, 0.5) is 4.39 Å². The molecule has 0 amide bonds. The Labute approximate surface area is 119 Å². The number of nitrogens with one attached hydrogen (secondary N) is 1. The molecule has 6 heteroatoms. The van der Waals surface area contributed by atoms with Gasteiger partial charge in [-0.15, -0.1) is 0 Å². The summed E-state index contributed by atoms with van der Waals surface area (Å²) in [5.41, 5.74) is 5.87. The van der Waals surface area contributed by atoms with Crippen LogP contribution >= 0.6 is 0 Å². The van der Waals surface area contributed by atoms with Crippen molar-refractivity contribution >= 4 is 10.0 Å². The molecule has 112 valence electrons. The van der Waals surface area contributed by atoms with Gasteiger partial charge in [-0.05, 0) is 49.9 Å². The van der Waals surface area contributed by atoms with Gasteiger partial charge in [0.05, 0.1) is 4.90 Å². The van der Waals surface area contributed by atoms with Gasteiger partial charge in [0.25, 0.3) is 0 Å². The smallest absolute Gasteiger partial charge is 0.241 e. The lowest BCUT2D eigenvalue weighted by Crippen LogP contribution is -2.51. The van der Waals surface area contributed by atoms with E-state index < -0.39 is 15.6 Å². The number of halogens is 1. The van der Waals surface area contributed by atoms with E-state index in [2.05, 4.69) is 4.72 Å². The van der Waals surface area contributed by atoms with Crippen LogP contribution in [0.2, 0.25) is 0 Å². The first kappa shape index (κ1) is 15.4. The zero-order chi connectivity index (χ0) is 15.0. The van der Waals surface area contributed by atoms with Gasteiger partial charge in [-0.3, -0.25) is 0 Å². The number of aryl methyl sites for hydroxylation is 2. The SMILES string of the molecule is Cc1cc(S(=O)(=O)NC2(CN)CCCC2)cc(C)c1F. The Bertz CT molecular complexity index is 585. The van der Waals surface area contributed by atoms with Gasteiger partial charge in [0.1, 0.15) is 5.82 Å². The van der Waals surface area contributed by atoms with E-state index in [1.807, 2.05) is 0 Å². The fourth-order valence-electron chi connectivity index (χ4n) is 2.80. The molecule has 1 aliphatic carbocycles. The minimum Gasteiger partial charge on any atom is -0.329 e. The first-order valence-corrected chi connectivity index (χ1v) is 8.29. The van der Waals surface area contributed by atoms with Gasteiger partial charge < -0.3 is 5.73 Å². The zero-order valence-corrected chi connectivity index (χ0v) is 12.7. The van der Waals surface area contributed by atoms with Crippen LogP contribution < -0.4 is 10.5 Å². The summed E-state index contributed by atoms with van der Waals surface area (Å²) in [6.45, 7) is 3.41. The highest BCUT2D eigenvalue weighted by Gasteiger charge is 2.36. The van der Waals surface area contributed by atoms with Crippen molar-refractivity contribution in [1.82, 2.24) is 4.72 Å². The number of hydrogen-bond donors (Lipinski definition) is 2. The summed E-state index contributed by atoms with van der Waals surface area (Å²) in [6.07, 6.45) is 3.45. The third kappa shape index (κ3) is 2.87. The fraction of sp³-hybridized carbons (Fsp3) is 0.571. The second-order valence-electron chi connectivity index (χ2n) is 5.67. The molecule has 0 radical (unpaired) electrons. The molecule has 1 aromatic carbocycles. The Hall–Kier alpha value is -0.980. The van der Waals surface area contributed by atoms with E-state index in [0.717, 1.165) is 25.7 Å². The molecule has 0 spiro atoms. The van der Waals surface area contributed by atoms with Gasteiger partial charge in [-0.2, -0.15) is 0 Å². The summed E-state index contributed by atoms with van der Waals surface area (Å²) in [7, 11) is -3.67. The Balaban J connectivity index is 2.36. The number of nitrogens with two attached hydrogens (primary N) is 1. The summed E-state index contributed by atoms with van der Waals surface area (Å²) in [4.78, 5) is 0.105. The van der Waals surface area contributed by atoms with Crippen molar-refractivity contribution < 1.29 is 12.8 Å². The summed E-state index contributed by atoms with van der Waals surface area (Å²) >= 11 is 0. The molecule has 2 rings (SSSR count). The number of sulfonamides is 1. The monoisotopic (exact) mass is 300 g/mol. The van der Waals surface area contributed by atoms with Gasteiger partial charge in [-0.1, -0.05) is 12.8 Å². The van der Waals surface area contributed by atoms with E-state index in [9.17, 15) is 12.8 Å². The van der Waals surface area contributed by atoms with E-state index in [1.54, 1.807) is 13.8 Å². The third-order valence-electron chi connectivity index (χ3n) is 4.02. The summed E-state index contributed by atoms with van der Waals surface area (Å²) < 4.78 is 41.3. The van der Waals surface area contributed by atoms with Crippen LogP contribution in [-0.2, 0) is 10.0 Å². The highest BCUT2D eigenvalue weighted by Crippen LogP contribution is 2.30. The van der Waals surface area contributed by atoms with Crippen LogP contribution in [-0.4, -0.2) is 20.5 Å². The van der Waals surface area contributed by atoms with Crippen LogP contribution in [0, 0.1) is 19.7 Å². The predicted molar refractivity (Wildman–Crippen MR) is 76.4 cm³/mol. The van der Waals surface area contributed by atoms with Crippen LogP contribution in [0.5, 0.6) is 0 Å². The Morgan fingerprint density at radius 3 is 2.20 bits per heavy atom. The molecule has 1 aliphatic rings. The Morgan fingerprint density at radius 2 is 1.75 bits per heavy atom. The van der Waals surface area contributed by atoms with E-state index >= 15 is 0 Å². The molecule has 3 N–H and O–H groups in total. The lowest BCUT2D eigenvalue weighted by atomic mass is 10.0. The molecular formula is C14H21FN2O2S. The molecule has 0 heterocycles. The summed E-state index contributed by atoms with van der Waals surface area (Å²) in [5, 5.41) is 0. The molecule has 0 unspecified atom stereocenters. The Kier molecular flexibility index (Phi) is 4.18. The first-order valence-electron chi connectivity index (χ1n) is 6.80. The highest BCUT2D eigenvalue weighted by molar-refractivity contribution is 7.89. The molecular weight excluding hydrogens is 279 g/mol. The Morgan fingerprint density at radius 1 is 1.25 bits per heavy atom. The molecule has 20 heavy (non-hydrogen) atoms. The molecule has 0 aliphatic heterocycles. The molecule has 1 fully saturated rings. The van der Waals surface area contributed by atoms with Crippen molar-refractivity contribution in [2.75, 3.05) is 6.54 Å². The second-order valence-corrected chi connectivity index (χ2v) is 7.35. The number of benzene rings is 1. The topological polar surface area (TPSA) is 72.2 Å². The minimum absolute atomic E-state index is 0.105. The molecule has 0 bridgehead atoms.